The van der Waals surface area contributed by atoms with Gasteiger partial charge in [0.05, 0.1) is 18.3 Å². The fraction of sp³-hybridized carbons (Fsp3) is 0.412. The molecule has 1 unspecified atom stereocenters. The molecule has 1 saturated heterocycles. The van der Waals surface area contributed by atoms with Crippen molar-refractivity contribution in [3.8, 4) is 5.75 Å². The Morgan fingerprint density at radius 1 is 1.50 bits per heavy atom. The number of halogens is 1. The van der Waals surface area contributed by atoms with E-state index in [1.54, 1.807) is 24.3 Å². The number of nitrogens with one attached hydrogen (secondary N) is 2. The summed E-state index contributed by atoms with van der Waals surface area (Å²) in [5.41, 5.74) is 0.970. The number of amides is 1. The van der Waals surface area contributed by atoms with Crippen LogP contribution in [-0.4, -0.2) is 35.4 Å². The highest BCUT2D eigenvalue weighted by Gasteiger charge is 2.18. The maximum atomic E-state index is 12.5. The lowest BCUT2D eigenvalue weighted by molar-refractivity contribution is 0.102. The first kappa shape index (κ1) is 16.8. The van der Waals surface area contributed by atoms with Crippen LogP contribution in [-0.2, 0) is 0 Å². The highest BCUT2D eigenvalue weighted by molar-refractivity contribution is 6.30. The van der Waals surface area contributed by atoms with Gasteiger partial charge in [-0.25, -0.2) is 0 Å². The molecule has 0 bridgehead atoms. The van der Waals surface area contributed by atoms with Gasteiger partial charge in [0.2, 0.25) is 0 Å². The van der Waals surface area contributed by atoms with Crippen molar-refractivity contribution in [2.75, 3.05) is 25.0 Å². The van der Waals surface area contributed by atoms with Gasteiger partial charge < -0.3 is 15.4 Å². The van der Waals surface area contributed by atoms with E-state index in [4.69, 9.17) is 16.3 Å². The number of nitrogens with zero attached hydrogens (tertiary/aromatic N) is 2. The van der Waals surface area contributed by atoms with Gasteiger partial charge in [-0.15, -0.1) is 0 Å². The van der Waals surface area contributed by atoms with Crippen LogP contribution in [0, 0.1) is 0 Å². The molecule has 24 heavy (non-hydrogen) atoms. The first-order valence-corrected chi connectivity index (χ1v) is 8.54. The van der Waals surface area contributed by atoms with Crippen LogP contribution in [0.25, 0.3) is 0 Å². The maximum absolute atomic E-state index is 12.5. The zero-order valence-electron chi connectivity index (χ0n) is 13.6. The van der Waals surface area contributed by atoms with E-state index in [0.29, 0.717) is 34.8 Å². The minimum Gasteiger partial charge on any atom is -0.492 e. The summed E-state index contributed by atoms with van der Waals surface area (Å²) >= 11 is 5.98. The van der Waals surface area contributed by atoms with Gasteiger partial charge in [0.15, 0.2) is 5.69 Å². The molecule has 0 spiro atoms. The molecule has 0 aliphatic carbocycles. The zero-order valence-corrected chi connectivity index (χ0v) is 14.3. The molecule has 7 heteroatoms. The lowest BCUT2D eigenvalue weighted by Gasteiger charge is -2.22. The number of ether oxygens (including phenoxy) is 1. The second kappa shape index (κ2) is 7.68. The summed E-state index contributed by atoms with van der Waals surface area (Å²) in [4.78, 5) is 12.5. The molecular weight excluding hydrogens is 328 g/mol. The molecule has 0 radical (unpaired) electrons. The summed E-state index contributed by atoms with van der Waals surface area (Å²) < 4.78 is 7.39. The third-order valence-electron chi connectivity index (χ3n) is 3.98. The third kappa shape index (κ3) is 3.88. The van der Waals surface area contributed by atoms with E-state index < -0.39 is 0 Å². The molecule has 2 heterocycles. The van der Waals surface area contributed by atoms with Gasteiger partial charge in [0, 0.05) is 23.8 Å². The first-order valence-electron chi connectivity index (χ1n) is 8.17. The van der Waals surface area contributed by atoms with Gasteiger partial charge in [0.25, 0.3) is 5.91 Å². The van der Waals surface area contributed by atoms with Gasteiger partial charge in [-0.2, -0.15) is 5.10 Å². The molecule has 128 valence electrons. The molecule has 6 nitrogen and oxygen atoms in total. The van der Waals surface area contributed by atoms with Gasteiger partial charge in [-0.3, -0.25) is 9.48 Å². The maximum Gasteiger partial charge on any atom is 0.276 e. The van der Waals surface area contributed by atoms with E-state index in [2.05, 4.69) is 15.7 Å². The van der Waals surface area contributed by atoms with Crippen molar-refractivity contribution in [3.63, 3.8) is 0 Å². The summed E-state index contributed by atoms with van der Waals surface area (Å²) in [5.74, 6) is 0.287. The molecule has 1 aliphatic heterocycles. The molecule has 2 N–H and O–H groups in total. The van der Waals surface area contributed by atoms with Crippen molar-refractivity contribution >= 4 is 23.2 Å². The van der Waals surface area contributed by atoms with Gasteiger partial charge in [-0.05, 0) is 44.5 Å². The number of rotatable bonds is 5. The van der Waals surface area contributed by atoms with Crippen molar-refractivity contribution < 1.29 is 9.53 Å². The highest BCUT2D eigenvalue weighted by Crippen LogP contribution is 2.28. The van der Waals surface area contributed by atoms with Crippen LogP contribution in [0.1, 0.15) is 36.3 Å². The van der Waals surface area contributed by atoms with Gasteiger partial charge in [0.1, 0.15) is 5.75 Å². The lowest BCUT2D eigenvalue weighted by atomic mass is 10.1. The Labute approximate surface area is 146 Å². The third-order valence-corrected chi connectivity index (χ3v) is 4.21. The van der Waals surface area contributed by atoms with Crippen molar-refractivity contribution in [1.82, 2.24) is 15.1 Å². The Kier molecular flexibility index (Phi) is 5.37. The largest absolute Gasteiger partial charge is 0.492 e. The average molecular weight is 349 g/mol. The SMILES string of the molecule is CCOc1cc(Cl)ccc1NC(=O)c1ccn(C2CCCNC2)n1. The molecule has 2 aromatic rings. The smallest absolute Gasteiger partial charge is 0.276 e. The number of anilines is 1. The molecule has 1 aromatic carbocycles. The number of carbonyl (C=O) groups is 1. The monoisotopic (exact) mass is 348 g/mol. The molecule has 1 atom stereocenters. The predicted molar refractivity (Wildman–Crippen MR) is 93.9 cm³/mol. The summed E-state index contributed by atoms with van der Waals surface area (Å²) in [7, 11) is 0. The fourth-order valence-corrected chi connectivity index (χ4v) is 2.94. The molecule has 1 fully saturated rings. The summed E-state index contributed by atoms with van der Waals surface area (Å²) in [6.07, 6.45) is 4.05. The standard InChI is InChI=1S/C17H21ClN4O2/c1-2-24-16-10-12(18)5-6-14(16)20-17(23)15-7-9-22(21-15)13-4-3-8-19-11-13/h5-7,9-10,13,19H,2-4,8,11H2,1H3,(H,20,23). The molecule has 1 aromatic heterocycles. The second-order valence-corrected chi connectivity index (χ2v) is 6.15. The summed E-state index contributed by atoms with van der Waals surface area (Å²) in [6, 6.07) is 7.17. The van der Waals surface area contributed by atoms with Crippen LogP contribution in [0.2, 0.25) is 5.02 Å². The minimum atomic E-state index is -0.263. The van der Waals surface area contributed by atoms with E-state index >= 15 is 0 Å². The second-order valence-electron chi connectivity index (χ2n) is 5.71. The van der Waals surface area contributed by atoms with Gasteiger partial charge in [-0.1, -0.05) is 11.6 Å². The van der Waals surface area contributed by atoms with Crippen LogP contribution in [0.5, 0.6) is 5.75 Å². The van der Waals surface area contributed by atoms with Crippen LogP contribution >= 0.6 is 11.6 Å². The highest BCUT2D eigenvalue weighted by atomic mass is 35.5. The van der Waals surface area contributed by atoms with E-state index in [0.717, 1.165) is 25.9 Å². The molecular formula is C17H21ClN4O2. The Hall–Kier alpha value is -2.05. The lowest BCUT2D eigenvalue weighted by Crippen LogP contribution is -2.32. The number of piperidine rings is 1. The molecule has 3 rings (SSSR count). The van der Waals surface area contributed by atoms with Crippen LogP contribution in [0.15, 0.2) is 30.5 Å². The topological polar surface area (TPSA) is 68.2 Å². The molecule has 1 aliphatic rings. The average Bonchev–Trinajstić information content (AvgIpc) is 3.08. The quantitative estimate of drug-likeness (QED) is 0.871. The van der Waals surface area contributed by atoms with Crippen LogP contribution in [0.4, 0.5) is 5.69 Å². The van der Waals surface area contributed by atoms with E-state index in [-0.39, 0.29) is 5.91 Å². The summed E-state index contributed by atoms with van der Waals surface area (Å²) in [5, 5.41) is 11.2. The van der Waals surface area contributed by atoms with E-state index in [1.165, 1.54) is 0 Å². The number of hydrogen-bond donors (Lipinski definition) is 2. The summed E-state index contributed by atoms with van der Waals surface area (Å²) in [6.45, 7) is 4.30. The van der Waals surface area contributed by atoms with E-state index in [1.807, 2.05) is 17.8 Å². The Morgan fingerprint density at radius 3 is 3.12 bits per heavy atom. The molecule has 0 saturated carbocycles. The van der Waals surface area contributed by atoms with E-state index in [9.17, 15) is 4.79 Å². The Morgan fingerprint density at radius 2 is 2.38 bits per heavy atom. The first-order chi connectivity index (χ1) is 11.7. The Bertz CT molecular complexity index is 710. The van der Waals surface area contributed by atoms with Crippen molar-refractivity contribution in [2.45, 2.75) is 25.8 Å². The number of carbonyl (C=O) groups excluding carboxylic acids is 1. The number of benzene rings is 1. The normalized spacial score (nSPS) is 17.5. The number of aromatic nitrogens is 2. The predicted octanol–water partition coefficient (Wildman–Crippen LogP) is 3.11. The van der Waals surface area contributed by atoms with Crippen LogP contribution < -0.4 is 15.4 Å². The van der Waals surface area contributed by atoms with Crippen LogP contribution in [0.3, 0.4) is 0 Å². The zero-order chi connectivity index (χ0) is 16.9. The van der Waals surface area contributed by atoms with Gasteiger partial charge >= 0.3 is 0 Å². The van der Waals surface area contributed by atoms with Crippen molar-refractivity contribution in [3.05, 3.63) is 41.2 Å². The fourth-order valence-electron chi connectivity index (χ4n) is 2.78. The Balaban J connectivity index is 1.72. The minimum absolute atomic E-state index is 0.263. The van der Waals surface area contributed by atoms with Crippen molar-refractivity contribution in [1.29, 1.82) is 0 Å². The van der Waals surface area contributed by atoms with Crippen molar-refractivity contribution in [2.24, 2.45) is 0 Å². The number of hydrogen-bond acceptors (Lipinski definition) is 4. The molecule has 1 amide bonds.